The molecule has 0 saturated carbocycles. The van der Waals surface area contributed by atoms with E-state index in [-0.39, 0.29) is 23.1 Å². The van der Waals surface area contributed by atoms with Gasteiger partial charge in [0.2, 0.25) is 0 Å². The van der Waals surface area contributed by atoms with Gasteiger partial charge < -0.3 is 10.2 Å². The molecule has 212 valence electrons. The van der Waals surface area contributed by atoms with Crippen LogP contribution in [0.4, 0.5) is 24.5 Å². The summed E-state index contributed by atoms with van der Waals surface area (Å²) in [6.45, 7) is 0.914. The Kier molecular flexibility index (Phi) is 7.20. The van der Waals surface area contributed by atoms with Gasteiger partial charge in [0, 0.05) is 24.8 Å². The minimum absolute atomic E-state index is 0.285. The predicted molar refractivity (Wildman–Crippen MR) is 151 cm³/mol. The van der Waals surface area contributed by atoms with E-state index in [9.17, 15) is 23.2 Å². The molecule has 7 nitrogen and oxygen atoms in total. The van der Waals surface area contributed by atoms with E-state index in [1.54, 1.807) is 36.5 Å². The zero-order valence-electron chi connectivity index (χ0n) is 22.3. The highest BCUT2D eigenvalue weighted by Crippen LogP contribution is 2.33. The van der Waals surface area contributed by atoms with Crippen LogP contribution in [0.3, 0.4) is 0 Å². The minimum Gasteiger partial charge on any atom is -0.368 e. The number of carbonyl (C=O) groups excluding carboxylic acids is 3. The molecular formula is C32H25F3N4O3. The highest BCUT2D eigenvalue weighted by Gasteiger charge is 2.40. The number of nitrogens with one attached hydrogen (secondary N) is 1. The SMILES string of the molecule is O=C(Nc1cnccc1N1CCCCC(N2C(=O)c3ccccc3C2=O)C1)c1cccc(-c2c(F)cccc2F)c1F. The summed E-state index contributed by atoms with van der Waals surface area (Å²) in [5, 5.41) is 2.69. The molecule has 6 rings (SSSR count). The molecule has 1 atom stereocenters. The highest BCUT2D eigenvalue weighted by atomic mass is 19.1. The second-order valence-corrected chi connectivity index (χ2v) is 10.2. The summed E-state index contributed by atoms with van der Waals surface area (Å²) in [7, 11) is 0. The van der Waals surface area contributed by atoms with Crippen LogP contribution < -0.4 is 10.2 Å². The lowest BCUT2D eigenvalue weighted by Crippen LogP contribution is -2.46. The molecule has 10 heteroatoms. The second kappa shape index (κ2) is 11.1. The van der Waals surface area contributed by atoms with Crippen molar-refractivity contribution in [3.8, 4) is 11.1 Å². The number of nitrogens with zero attached hydrogens (tertiary/aromatic N) is 3. The number of anilines is 2. The van der Waals surface area contributed by atoms with E-state index in [1.165, 1.54) is 35.4 Å². The van der Waals surface area contributed by atoms with E-state index in [0.717, 1.165) is 25.0 Å². The van der Waals surface area contributed by atoms with E-state index in [0.29, 0.717) is 36.3 Å². The molecule has 1 saturated heterocycles. The Labute approximate surface area is 239 Å². The maximum Gasteiger partial charge on any atom is 0.261 e. The Morgan fingerprint density at radius 2 is 1.50 bits per heavy atom. The lowest BCUT2D eigenvalue weighted by Gasteiger charge is -2.32. The molecule has 1 aromatic heterocycles. The first-order valence-electron chi connectivity index (χ1n) is 13.5. The molecule has 1 unspecified atom stereocenters. The van der Waals surface area contributed by atoms with Gasteiger partial charge in [-0.05, 0) is 55.7 Å². The van der Waals surface area contributed by atoms with Crippen molar-refractivity contribution in [3.63, 3.8) is 0 Å². The maximum absolute atomic E-state index is 15.5. The normalized spacial score (nSPS) is 16.8. The molecule has 0 aliphatic carbocycles. The van der Waals surface area contributed by atoms with Crippen LogP contribution in [0.1, 0.15) is 50.3 Å². The van der Waals surface area contributed by atoms with Gasteiger partial charge in [-0.25, -0.2) is 13.2 Å². The Morgan fingerprint density at radius 1 is 0.833 bits per heavy atom. The van der Waals surface area contributed by atoms with Crippen molar-refractivity contribution in [2.45, 2.75) is 25.3 Å². The number of imide groups is 1. The fourth-order valence-corrected chi connectivity index (χ4v) is 5.69. The minimum atomic E-state index is -1.06. The predicted octanol–water partition coefficient (Wildman–Crippen LogP) is 6.07. The fraction of sp³-hybridized carbons (Fsp3) is 0.188. The van der Waals surface area contributed by atoms with E-state index in [2.05, 4.69) is 10.3 Å². The summed E-state index contributed by atoms with van der Waals surface area (Å²) < 4.78 is 44.3. The zero-order chi connectivity index (χ0) is 29.4. The standard InChI is InChI=1S/C32H25F3N4O3/c33-24-12-6-13-25(34)28(24)22-10-5-11-23(29(22)35)30(40)37-26-17-36-15-14-27(26)38-16-4-3-7-19(18-38)39-31(41)20-8-1-2-9-21(20)32(39)42/h1-2,5-6,8-15,17,19H,3-4,7,16,18H2,(H,37,40). The number of hydrogen-bond donors (Lipinski definition) is 1. The highest BCUT2D eigenvalue weighted by molar-refractivity contribution is 6.21. The summed E-state index contributed by atoms with van der Waals surface area (Å²) >= 11 is 0. The van der Waals surface area contributed by atoms with Gasteiger partial charge in [-0.3, -0.25) is 24.3 Å². The van der Waals surface area contributed by atoms with E-state index in [1.807, 2.05) is 4.90 Å². The molecule has 0 spiro atoms. The molecule has 1 fully saturated rings. The lowest BCUT2D eigenvalue weighted by atomic mass is 10.0. The molecule has 0 bridgehead atoms. The number of hydrogen-bond acceptors (Lipinski definition) is 5. The number of benzene rings is 3. The number of fused-ring (bicyclic) bond motifs is 1. The van der Waals surface area contributed by atoms with Crippen molar-refractivity contribution in [1.82, 2.24) is 9.88 Å². The first-order valence-corrected chi connectivity index (χ1v) is 13.5. The lowest BCUT2D eigenvalue weighted by molar-refractivity contribution is 0.0582. The fourth-order valence-electron chi connectivity index (χ4n) is 5.69. The average Bonchev–Trinajstić information content (AvgIpc) is 3.11. The van der Waals surface area contributed by atoms with Gasteiger partial charge >= 0.3 is 0 Å². The van der Waals surface area contributed by atoms with Crippen LogP contribution in [-0.2, 0) is 0 Å². The van der Waals surface area contributed by atoms with Crippen LogP contribution in [0, 0.1) is 17.5 Å². The van der Waals surface area contributed by atoms with Gasteiger partial charge in [-0.1, -0.05) is 30.3 Å². The summed E-state index contributed by atoms with van der Waals surface area (Å²) in [6.07, 6.45) is 5.16. The van der Waals surface area contributed by atoms with Gasteiger partial charge in [0.05, 0.1) is 45.9 Å². The van der Waals surface area contributed by atoms with Crippen molar-refractivity contribution in [2.24, 2.45) is 0 Å². The van der Waals surface area contributed by atoms with Crippen molar-refractivity contribution >= 4 is 29.1 Å². The largest absolute Gasteiger partial charge is 0.368 e. The first kappa shape index (κ1) is 27.2. The molecular weight excluding hydrogens is 545 g/mol. The van der Waals surface area contributed by atoms with Crippen LogP contribution in [0.15, 0.2) is 79.1 Å². The Hall–Kier alpha value is -4.99. The van der Waals surface area contributed by atoms with E-state index < -0.39 is 40.5 Å². The summed E-state index contributed by atoms with van der Waals surface area (Å²) in [5.41, 5.74) is 0.302. The van der Waals surface area contributed by atoms with Crippen LogP contribution in [0.5, 0.6) is 0 Å². The molecule has 3 amide bonds. The number of pyridine rings is 1. The van der Waals surface area contributed by atoms with Gasteiger partial charge in [0.1, 0.15) is 17.5 Å². The van der Waals surface area contributed by atoms with Gasteiger partial charge in [0.15, 0.2) is 0 Å². The molecule has 2 aliphatic heterocycles. The third-order valence-electron chi connectivity index (χ3n) is 7.70. The smallest absolute Gasteiger partial charge is 0.261 e. The molecule has 4 aromatic rings. The summed E-state index contributed by atoms with van der Waals surface area (Å²) in [4.78, 5) is 47.1. The Balaban J connectivity index is 1.27. The second-order valence-electron chi connectivity index (χ2n) is 10.2. The van der Waals surface area contributed by atoms with Crippen LogP contribution in [-0.4, -0.2) is 46.7 Å². The van der Waals surface area contributed by atoms with Crippen molar-refractivity contribution in [3.05, 3.63) is 113 Å². The summed E-state index contributed by atoms with van der Waals surface area (Å²) in [5.74, 6) is -4.44. The molecule has 3 aromatic carbocycles. The van der Waals surface area contributed by atoms with Crippen LogP contribution in [0.25, 0.3) is 11.1 Å². The number of aromatic nitrogens is 1. The number of rotatable bonds is 5. The van der Waals surface area contributed by atoms with E-state index in [4.69, 9.17) is 0 Å². The van der Waals surface area contributed by atoms with E-state index >= 15 is 4.39 Å². The van der Waals surface area contributed by atoms with Gasteiger partial charge in [-0.15, -0.1) is 0 Å². The maximum atomic E-state index is 15.5. The number of amides is 3. The van der Waals surface area contributed by atoms with Gasteiger partial charge in [0.25, 0.3) is 17.7 Å². The van der Waals surface area contributed by atoms with Crippen molar-refractivity contribution in [1.29, 1.82) is 0 Å². The molecule has 1 N–H and O–H groups in total. The van der Waals surface area contributed by atoms with Crippen LogP contribution >= 0.6 is 0 Å². The third-order valence-corrected chi connectivity index (χ3v) is 7.70. The molecule has 0 radical (unpaired) electrons. The van der Waals surface area contributed by atoms with Crippen LogP contribution in [0.2, 0.25) is 0 Å². The summed E-state index contributed by atoms with van der Waals surface area (Å²) in [6, 6.07) is 15.0. The third kappa shape index (κ3) is 4.78. The van der Waals surface area contributed by atoms with Crippen molar-refractivity contribution in [2.75, 3.05) is 23.3 Å². The zero-order valence-corrected chi connectivity index (χ0v) is 22.3. The average molecular weight is 571 g/mol. The van der Waals surface area contributed by atoms with Crippen molar-refractivity contribution < 1.29 is 27.6 Å². The monoisotopic (exact) mass is 570 g/mol. The number of carbonyl (C=O) groups is 3. The van der Waals surface area contributed by atoms with Gasteiger partial charge in [-0.2, -0.15) is 0 Å². The number of halogens is 3. The topological polar surface area (TPSA) is 82.6 Å². The molecule has 2 aliphatic rings. The molecule has 3 heterocycles. The Morgan fingerprint density at radius 3 is 2.21 bits per heavy atom. The first-order chi connectivity index (χ1) is 20.3. The molecule has 42 heavy (non-hydrogen) atoms. The quantitative estimate of drug-likeness (QED) is 0.295. The Bertz CT molecular complexity index is 1670.